The number of oxazole rings is 1. The predicted molar refractivity (Wildman–Crippen MR) is 116 cm³/mol. The number of hydrogen-bond acceptors (Lipinski definition) is 4. The van der Waals surface area contributed by atoms with Crippen molar-refractivity contribution < 1.29 is 14.0 Å². The van der Waals surface area contributed by atoms with Gasteiger partial charge >= 0.3 is 0 Å². The van der Waals surface area contributed by atoms with Crippen molar-refractivity contribution in [3.05, 3.63) is 41.9 Å². The molecule has 0 radical (unpaired) electrons. The third kappa shape index (κ3) is 4.82. The number of hydrogen-bond donors (Lipinski definition) is 0. The number of aromatic nitrogens is 1. The van der Waals surface area contributed by atoms with E-state index in [4.69, 9.17) is 4.42 Å². The molecule has 1 saturated carbocycles. The van der Waals surface area contributed by atoms with Crippen LogP contribution in [0.1, 0.15) is 69.2 Å². The standard InChI is InChI=1S/C25H32N2O3/c1-18-10-12-19(13-11-18)23-17-26-24(30-23)14-15-25(29)27-16-6-2-3-8-21(27)20-7-4-5-9-22(20)28/h10-13,17,20-21H,2-9,14-16H2,1H3/t20-,21+/m1/s1. The van der Waals surface area contributed by atoms with E-state index in [-0.39, 0.29) is 17.9 Å². The quantitative estimate of drug-likeness (QED) is 0.689. The third-order valence-electron chi connectivity index (χ3n) is 6.63. The molecule has 30 heavy (non-hydrogen) atoms. The number of Topliss-reactive ketones (excluding diaryl/α,β-unsaturated/α-hetero) is 1. The number of amides is 1. The van der Waals surface area contributed by atoms with E-state index in [9.17, 15) is 9.59 Å². The lowest BCUT2D eigenvalue weighted by molar-refractivity contribution is -0.137. The fourth-order valence-corrected chi connectivity index (χ4v) is 4.91. The summed E-state index contributed by atoms with van der Waals surface area (Å²) in [5.74, 6) is 1.87. The predicted octanol–water partition coefficient (Wildman–Crippen LogP) is 5.11. The lowest BCUT2D eigenvalue weighted by Crippen LogP contribution is -2.47. The number of likely N-dealkylation sites (tertiary alicyclic amines) is 1. The summed E-state index contributed by atoms with van der Waals surface area (Å²) >= 11 is 0. The molecule has 0 bridgehead atoms. The molecule has 2 fully saturated rings. The number of aryl methyl sites for hydroxylation is 2. The zero-order valence-electron chi connectivity index (χ0n) is 17.9. The summed E-state index contributed by atoms with van der Waals surface area (Å²) < 4.78 is 5.90. The second-order valence-electron chi connectivity index (χ2n) is 8.81. The Morgan fingerprint density at radius 3 is 2.70 bits per heavy atom. The molecule has 0 spiro atoms. The van der Waals surface area contributed by atoms with Gasteiger partial charge in [-0.2, -0.15) is 0 Å². The van der Waals surface area contributed by atoms with Crippen LogP contribution in [-0.4, -0.2) is 34.2 Å². The Morgan fingerprint density at radius 1 is 1.10 bits per heavy atom. The van der Waals surface area contributed by atoms with Crippen molar-refractivity contribution >= 4 is 11.7 Å². The van der Waals surface area contributed by atoms with Crippen LogP contribution >= 0.6 is 0 Å². The van der Waals surface area contributed by atoms with Gasteiger partial charge in [0.15, 0.2) is 11.7 Å². The minimum Gasteiger partial charge on any atom is -0.441 e. The average molecular weight is 409 g/mol. The molecule has 0 unspecified atom stereocenters. The molecule has 2 aromatic rings. The van der Waals surface area contributed by atoms with E-state index in [0.29, 0.717) is 30.9 Å². The van der Waals surface area contributed by atoms with Crippen LogP contribution in [0, 0.1) is 12.8 Å². The summed E-state index contributed by atoms with van der Waals surface area (Å²) in [7, 11) is 0. The highest BCUT2D eigenvalue weighted by atomic mass is 16.4. The Bertz CT molecular complexity index is 871. The van der Waals surface area contributed by atoms with Crippen LogP contribution in [0.15, 0.2) is 34.9 Å². The van der Waals surface area contributed by atoms with Crippen LogP contribution in [0.4, 0.5) is 0 Å². The first-order valence-electron chi connectivity index (χ1n) is 11.5. The molecule has 5 nitrogen and oxygen atoms in total. The summed E-state index contributed by atoms with van der Waals surface area (Å²) in [6, 6.07) is 8.22. The minimum atomic E-state index is 0.0377. The summed E-state index contributed by atoms with van der Waals surface area (Å²) in [6.07, 6.45) is 10.6. The number of rotatable bonds is 5. The van der Waals surface area contributed by atoms with E-state index < -0.39 is 0 Å². The summed E-state index contributed by atoms with van der Waals surface area (Å²) in [6.45, 7) is 2.83. The molecule has 2 atom stereocenters. The number of nitrogens with zero attached hydrogens (tertiary/aromatic N) is 2. The molecule has 5 heteroatoms. The number of carbonyl (C=O) groups is 2. The molecule has 1 aromatic heterocycles. The lowest BCUT2D eigenvalue weighted by Gasteiger charge is -2.37. The topological polar surface area (TPSA) is 63.4 Å². The molecule has 0 N–H and O–H groups in total. The summed E-state index contributed by atoms with van der Waals surface area (Å²) in [5.41, 5.74) is 2.20. The second kappa shape index (κ2) is 9.59. The maximum Gasteiger partial charge on any atom is 0.223 e. The zero-order valence-corrected chi connectivity index (χ0v) is 17.9. The summed E-state index contributed by atoms with van der Waals surface area (Å²) in [4.78, 5) is 32.1. The third-order valence-corrected chi connectivity index (χ3v) is 6.63. The fraction of sp³-hybridized carbons (Fsp3) is 0.560. The van der Waals surface area contributed by atoms with Gasteiger partial charge in [-0.05, 0) is 32.6 Å². The average Bonchev–Trinajstić information content (AvgIpc) is 3.09. The maximum atomic E-state index is 13.1. The van der Waals surface area contributed by atoms with E-state index >= 15 is 0 Å². The van der Waals surface area contributed by atoms with E-state index in [0.717, 1.165) is 62.8 Å². The first-order chi connectivity index (χ1) is 14.6. The van der Waals surface area contributed by atoms with Gasteiger partial charge in [-0.25, -0.2) is 4.98 Å². The van der Waals surface area contributed by atoms with Gasteiger partial charge < -0.3 is 9.32 Å². The molecule has 1 aliphatic carbocycles. The van der Waals surface area contributed by atoms with Crippen LogP contribution in [0.5, 0.6) is 0 Å². The molecule has 1 saturated heterocycles. The van der Waals surface area contributed by atoms with Gasteiger partial charge in [0, 0.05) is 43.3 Å². The molecule has 4 rings (SSSR count). The van der Waals surface area contributed by atoms with Crippen LogP contribution < -0.4 is 0 Å². The number of carbonyl (C=O) groups excluding carboxylic acids is 2. The highest BCUT2D eigenvalue weighted by Crippen LogP contribution is 2.32. The molecule has 2 aliphatic rings. The van der Waals surface area contributed by atoms with Crippen LogP contribution in [0.3, 0.4) is 0 Å². The van der Waals surface area contributed by atoms with Gasteiger partial charge in [-0.15, -0.1) is 0 Å². The molecular formula is C25H32N2O3. The minimum absolute atomic E-state index is 0.0377. The van der Waals surface area contributed by atoms with E-state index in [1.54, 1.807) is 6.20 Å². The first kappa shape index (κ1) is 20.8. The van der Waals surface area contributed by atoms with Gasteiger partial charge in [0.2, 0.25) is 5.91 Å². The Labute approximate surface area is 178 Å². The SMILES string of the molecule is Cc1ccc(-c2cnc(CCC(=O)N3CCCCC[C@H]3[C@H]3CCCCC3=O)o2)cc1. The van der Waals surface area contributed by atoms with Crippen molar-refractivity contribution in [1.29, 1.82) is 0 Å². The van der Waals surface area contributed by atoms with E-state index in [1.807, 2.05) is 29.2 Å². The number of ketones is 1. The molecule has 1 aromatic carbocycles. The van der Waals surface area contributed by atoms with Crippen molar-refractivity contribution in [2.75, 3.05) is 6.54 Å². The maximum absolute atomic E-state index is 13.1. The number of benzene rings is 1. The van der Waals surface area contributed by atoms with Crippen LogP contribution in [-0.2, 0) is 16.0 Å². The largest absolute Gasteiger partial charge is 0.441 e. The Balaban J connectivity index is 1.40. The Hall–Kier alpha value is -2.43. The zero-order chi connectivity index (χ0) is 20.9. The van der Waals surface area contributed by atoms with Crippen molar-refractivity contribution in [2.24, 2.45) is 5.92 Å². The van der Waals surface area contributed by atoms with Crippen molar-refractivity contribution in [2.45, 2.75) is 77.2 Å². The molecule has 2 heterocycles. The van der Waals surface area contributed by atoms with Crippen molar-refractivity contribution in [3.63, 3.8) is 0 Å². The lowest BCUT2D eigenvalue weighted by atomic mass is 9.80. The Morgan fingerprint density at radius 2 is 1.90 bits per heavy atom. The highest BCUT2D eigenvalue weighted by molar-refractivity contribution is 5.84. The van der Waals surface area contributed by atoms with Gasteiger partial charge in [0.25, 0.3) is 0 Å². The van der Waals surface area contributed by atoms with Gasteiger partial charge in [-0.3, -0.25) is 9.59 Å². The van der Waals surface area contributed by atoms with Crippen molar-refractivity contribution in [1.82, 2.24) is 9.88 Å². The van der Waals surface area contributed by atoms with E-state index in [1.165, 1.54) is 5.56 Å². The Kier molecular flexibility index (Phi) is 6.66. The second-order valence-corrected chi connectivity index (χ2v) is 8.81. The molecular weight excluding hydrogens is 376 g/mol. The van der Waals surface area contributed by atoms with Crippen molar-refractivity contribution in [3.8, 4) is 11.3 Å². The van der Waals surface area contributed by atoms with Gasteiger partial charge in [0.05, 0.1) is 6.20 Å². The summed E-state index contributed by atoms with van der Waals surface area (Å²) in [5, 5.41) is 0. The molecule has 160 valence electrons. The van der Waals surface area contributed by atoms with Gasteiger partial charge in [-0.1, -0.05) is 49.1 Å². The van der Waals surface area contributed by atoms with Crippen LogP contribution in [0.25, 0.3) is 11.3 Å². The van der Waals surface area contributed by atoms with Crippen LogP contribution in [0.2, 0.25) is 0 Å². The smallest absolute Gasteiger partial charge is 0.223 e. The molecule has 1 amide bonds. The van der Waals surface area contributed by atoms with E-state index in [2.05, 4.69) is 11.9 Å². The monoisotopic (exact) mass is 408 g/mol. The highest BCUT2D eigenvalue weighted by Gasteiger charge is 2.36. The van der Waals surface area contributed by atoms with Gasteiger partial charge in [0.1, 0.15) is 5.78 Å². The fourth-order valence-electron chi connectivity index (χ4n) is 4.91. The first-order valence-corrected chi connectivity index (χ1v) is 11.5. The molecule has 1 aliphatic heterocycles. The normalized spacial score (nSPS) is 22.7.